The molecular weight excluding hydrogens is 292 g/mol. The maximum Gasteiger partial charge on any atom is 0.254 e. The average Bonchev–Trinajstić information content (AvgIpc) is 2.73. The lowest BCUT2D eigenvalue weighted by Gasteiger charge is -2.29. The molecular formula is C18H22N2O3. The fourth-order valence-corrected chi connectivity index (χ4v) is 2.96. The average molecular weight is 314 g/mol. The number of rotatable bonds is 2. The van der Waals surface area contributed by atoms with Crippen molar-refractivity contribution in [2.45, 2.75) is 25.9 Å². The molecule has 2 heterocycles. The van der Waals surface area contributed by atoms with Gasteiger partial charge in [-0.05, 0) is 26.3 Å². The molecule has 1 fully saturated rings. The minimum absolute atomic E-state index is 0.000440. The summed E-state index contributed by atoms with van der Waals surface area (Å²) >= 11 is 0. The molecule has 0 aliphatic carbocycles. The molecule has 1 amide bonds. The second kappa shape index (κ2) is 6.16. The molecule has 0 radical (unpaired) electrons. The molecule has 0 atom stereocenters. The van der Waals surface area contributed by atoms with E-state index in [1.807, 2.05) is 43.0 Å². The van der Waals surface area contributed by atoms with Gasteiger partial charge >= 0.3 is 0 Å². The van der Waals surface area contributed by atoms with Crippen LogP contribution in [0.15, 0.2) is 30.3 Å². The number of para-hydroxylation sites is 1. The van der Waals surface area contributed by atoms with E-state index in [-0.39, 0.29) is 11.5 Å². The van der Waals surface area contributed by atoms with Gasteiger partial charge in [-0.15, -0.1) is 0 Å². The summed E-state index contributed by atoms with van der Waals surface area (Å²) in [5.41, 5.74) is 1.06. The molecule has 0 bridgehead atoms. The van der Waals surface area contributed by atoms with E-state index in [0.29, 0.717) is 31.1 Å². The number of hydrogen-bond donors (Lipinski definition) is 0. The van der Waals surface area contributed by atoms with Crippen LogP contribution in [-0.4, -0.2) is 48.2 Å². The number of carbonyl (C=O) groups excluding carboxylic acids is 1. The third-order valence-corrected chi connectivity index (χ3v) is 4.06. The molecule has 3 rings (SSSR count). The lowest BCUT2D eigenvalue weighted by molar-refractivity contribution is -0.0155. The highest BCUT2D eigenvalue weighted by Gasteiger charge is 2.29. The Hall–Kier alpha value is -2.14. The summed E-state index contributed by atoms with van der Waals surface area (Å²) in [6.45, 7) is 5.98. The number of amides is 1. The highest BCUT2D eigenvalue weighted by molar-refractivity contribution is 6.06. The Balaban J connectivity index is 2.03. The standard InChI is InChI=1S/C18H22N2O3/c1-18(2)12-20(9-6-10-23-18)17(21)14-11-16(22-3)19-15-8-5-4-7-13(14)15/h4-5,7-8,11H,6,9-10,12H2,1-3H3. The van der Waals surface area contributed by atoms with Gasteiger partial charge < -0.3 is 14.4 Å². The van der Waals surface area contributed by atoms with Gasteiger partial charge in [0.2, 0.25) is 5.88 Å². The first-order valence-electron chi connectivity index (χ1n) is 7.87. The second-order valence-electron chi connectivity index (χ2n) is 6.42. The van der Waals surface area contributed by atoms with Crippen molar-refractivity contribution in [2.24, 2.45) is 0 Å². The molecule has 0 spiro atoms. The topological polar surface area (TPSA) is 51.7 Å². The molecule has 1 aromatic carbocycles. The number of aromatic nitrogens is 1. The van der Waals surface area contributed by atoms with E-state index in [4.69, 9.17) is 9.47 Å². The second-order valence-corrected chi connectivity index (χ2v) is 6.42. The highest BCUT2D eigenvalue weighted by atomic mass is 16.5. The summed E-state index contributed by atoms with van der Waals surface area (Å²) in [5.74, 6) is 0.456. The van der Waals surface area contributed by atoms with Crippen LogP contribution in [-0.2, 0) is 4.74 Å². The molecule has 122 valence electrons. The largest absolute Gasteiger partial charge is 0.481 e. The van der Waals surface area contributed by atoms with Crippen molar-refractivity contribution in [3.8, 4) is 5.88 Å². The maximum atomic E-state index is 13.1. The van der Waals surface area contributed by atoms with E-state index in [9.17, 15) is 4.79 Å². The number of ether oxygens (including phenoxy) is 2. The van der Waals surface area contributed by atoms with Gasteiger partial charge in [0.25, 0.3) is 5.91 Å². The van der Waals surface area contributed by atoms with Crippen molar-refractivity contribution < 1.29 is 14.3 Å². The Morgan fingerprint density at radius 2 is 2.13 bits per heavy atom. The molecule has 1 aliphatic rings. The Labute approximate surface area is 136 Å². The van der Waals surface area contributed by atoms with Crippen LogP contribution >= 0.6 is 0 Å². The third kappa shape index (κ3) is 3.29. The molecule has 0 unspecified atom stereocenters. The maximum absolute atomic E-state index is 13.1. The summed E-state index contributed by atoms with van der Waals surface area (Å²) in [6.07, 6.45) is 0.843. The summed E-state index contributed by atoms with van der Waals surface area (Å²) in [5, 5.41) is 0.848. The Kier molecular flexibility index (Phi) is 4.22. The Morgan fingerprint density at radius 3 is 2.91 bits per heavy atom. The van der Waals surface area contributed by atoms with E-state index in [1.165, 1.54) is 0 Å². The van der Waals surface area contributed by atoms with E-state index in [1.54, 1.807) is 13.2 Å². The lowest BCUT2D eigenvalue weighted by atomic mass is 10.1. The molecule has 1 saturated heterocycles. The van der Waals surface area contributed by atoms with E-state index in [2.05, 4.69) is 4.98 Å². The van der Waals surface area contributed by atoms with Crippen LogP contribution in [0.1, 0.15) is 30.6 Å². The first-order valence-corrected chi connectivity index (χ1v) is 7.87. The van der Waals surface area contributed by atoms with Crippen LogP contribution in [0.25, 0.3) is 10.9 Å². The van der Waals surface area contributed by atoms with Crippen LogP contribution < -0.4 is 4.74 Å². The third-order valence-electron chi connectivity index (χ3n) is 4.06. The number of pyridine rings is 1. The van der Waals surface area contributed by atoms with Crippen LogP contribution in [0.3, 0.4) is 0 Å². The zero-order valence-electron chi connectivity index (χ0n) is 13.8. The fourth-order valence-electron chi connectivity index (χ4n) is 2.96. The predicted octanol–water partition coefficient (Wildman–Crippen LogP) is 2.88. The van der Waals surface area contributed by atoms with Gasteiger partial charge in [-0.25, -0.2) is 4.98 Å². The summed E-state index contributed by atoms with van der Waals surface area (Å²) in [7, 11) is 1.56. The molecule has 1 aromatic heterocycles. The van der Waals surface area contributed by atoms with Gasteiger partial charge in [0.1, 0.15) is 0 Å². The number of nitrogens with zero attached hydrogens (tertiary/aromatic N) is 2. The van der Waals surface area contributed by atoms with E-state index in [0.717, 1.165) is 17.3 Å². The van der Waals surface area contributed by atoms with Crippen molar-refractivity contribution in [3.63, 3.8) is 0 Å². The first kappa shape index (κ1) is 15.7. The predicted molar refractivity (Wildman–Crippen MR) is 88.8 cm³/mol. The quantitative estimate of drug-likeness (QED) is 0.855. The van der Waals surface area contributed by atoms with E-state index < -0.39 is 0 Å². The van der Waals surface area contributed by atoms with Crippen molar-refractivity contribution in [1.29, 1.82) is 0 Å². The van der Waals surface area contributed by atoms with Crippen LogP contribution in [0.5, 0.6) is 5.88 Å². The van der Waals surface area contributed by atoms with Gasteiger partial charge in [-0.2, -0.15) is 0 Å². The lowest BCUT2D eigenvalue weighted by Crippen LogP contribution is -2.41. The van der Waals surface area contributed by atoms with E-state index >= 15 is 0 Å². The van der Waals surface area contributed by atoms with Crippen molar-refractivity contribution in [3.05, 3.63) is 35.9 Å². The molecule has 5 heteroatoms. The molecule has 1 aliphatic heterocycles. The molecule has 0 saturated carbocycles. The van der Waals surface area contributed by atoms with Gasteiger partial charge in [-0.3, -0.25) is 4.79 Å². The zero-order chi connectivity index (χ0) is 16.4. The number of benzene rings is 1. The van der Waals surface area contributed by atoms with Gasteiger partial charge in [0, 0.05) is 31.1 Å². The Bertz CT molecular complexity index is 727. The van der Waals surface area contributed by atoms with Crippen LogP contribution in [0.2, 0.25) is 0 Å². The van der Waals surface area contributed by atoms with Crippen LogP contribution in [0, 0.1) is 0 Å². The SMILES string of the molecule is COc1cc(C(=O)N2CCCOC(C)(C)C2)c2ccccc2n1. The minimum Gasteiger partial charge on any atom is -0.481 e. The minimum atomic E-state index is -0.334. The van der Waals surface area contributed by atoms with Gasteiger partial charge in [0.15, 0.2) is 0 Å². The van der Waals surface area contributed by atoms with Crippen LogP contribution in [0.4, 0.5) is 0 Å². The number of hydrogen-bond acceptors (Lipinski definition) is 4. The van der Waals surface area contributed by atoms with Crippen molar-refractivity contribution in [1.82, 2.24) is 9.88 Å². The Morgan fingerprint density at radius 1 is 1.35 bits per heavy atom. The molecule has 23 heavy (non-hydrogen) atoms. The first-order chi connectivity index (χ1) is 11.0. The highest BCUT2D eigenvalue weighted by Crippen LogP contribution is 2.25. The van der Waals surface area contributed by atoms with Gasteiger partial charge in [0.05, 0.1) is 23.8 Å². The molecule has 5 nitrogen and oxygen atoms in total. The monoisotopic (exact) mass is 314 g/mol. The number of fused-ring (bicyclic) bond motifs is 1. The zero-order valence-corrected chi connectivity index (χ0v) is 13.8. The molecule has 2 aromatic rings. The summed E-state index contributed by atoms with van der Waals surface area (Å²) in [4.78, 5) is 19.4. The molecule has 0 N–H and O–H groups in total. The smallest absolute Gasteiger partial charge is 0.254 e. The fraction of sp³-hybridized carbons (Fsp3) is 0.444. The number of carbonyl (C=O) groups is 1. The van der Waals surface area contributed by atoms with Crippen molar-refractivity contribution >= 4 is 16.8 Å². The number of methoxy groups -OCH3 is 1. The van der Waals surface area contributed by atoms with Crippen molar-refractivity contribution in [2.75, 3.05) is 26.8 Å². The van der Waals surface area contributed by atoms with Gasteiger partial charge in [-0.1, -0.05) is 18.2 Å². The summed E-state index contributed by atoms with van der Waals surface area (Å²) < 4.78 is 11.1. The normalized spacial score (nSPS) is 17.8. The summed E-state index contributed by atoms with van der Waals surface area (Å²) in [6, 6.07) is 9.37.